The molecule has 0 heterocycles. The van der Waals surface area contributed by atoms with E-state index in [-0.39, 0.29) is 0 Å². The third-order valence-electron chi connectivity index (χ3n) is 3.18. The van der Waals surface area contributed by atoms with E-state index >= 15 is 0 Å². The smallest absolute Gasteiger partial charge is 0.104 e. The fourth-order valence-electron chi connectivity index (χ4n) is 1.94. The summed E-state index contributed by atoms with van der Waals surface area (Å²) in [6.45, 7) is 4.29. The molecule has 0 fully saturated rings. The van der Waals surface area contributed by atoms with Crippen LogP contribution in [0.3, 0.4) is 0 Å². The fourth-order valence-corrected chi connectivity index (χ4v) is 2.24. The van der Waals surface area contributed by atoms with Crippen LogP contribution >= 0.6 is 23.2 Å². The van der Waals surface area contributed by atoms with Gasteiger partial charge in [-0.05, 0) is 34.7 Å². The van der Waals surface area contributed by atoms with Gasteiger partial charge in [0.1, 0.15) is 6.10 Å². The number of aliphatic hydroxyl groups excluding tert-OH is 1. The molecule has 0 radical (unpaired) electrons. The molecule has 0 aliphatic carbocycles. The summed E-state index contributed by atoms with van der Waals surface area (Å²) in [6, 6.07) is 13.2. The molecule has 0 bridgehead atoms. The highest BCUT2D eigenvalue weighted by Crippen LogP contribution is 2.29. The van der Waals surface area contributed by atoms with Gasteiger partial charge < -0.3 is 5.11 Å². The van der Waals surface area contributed by atoms with E-state index in [2.05, 4.69) is 13.8 Å². The van der Waals surface area contributed by atoms with Crippen molar-refractivity contribution in [3.05, 3.63) is 69.2 Å². The average molecular weight is 295 g/mol. The lowest BCUT2D eigenvalue weighted by Gasteiger charge is -2.13. The minimum absolute atomic E-state index is 0.456. The van der Waals surface area contributed by atoms with Crippen molar-refractivity contribution < 1.29 is 5.11 Å². The van der Waals surface area contributed by atoms with E-state index in [1.165, 1.54) is 5.56 Å². The molecule has 0 aliphatic rings. The fraction of sp³-hybridized carbons (Fsp3) is 0.250. The zero-order valence-electron chi connectivity index (χ0n) is 10.9. The Morgan fingerprint density at radius 3 is 1.84 bits per heavy atom. The lowest BCUT2D eigenvalue weighted by atomic mass is 9.97. The Kier molecular flexibility index (Phi) is 4.51. The van der Waals surface area contributed by atoms with E-state index in [4.69, 9.17) is 23.2 Å². The first kappa shape index (κ1) is 14.4. The molecule has 0 amide bonds. The van der Waals surface area contributed by atoms with Gasteiger partial charge in [0.2, 0.25) is 0 Å². The highest BCUT2D eigenvalue weighted by molar-refractivity contribution is 6.42. The van der Waals surface area contributed by atoms with Crippen LogP contribution < -0.4 is 0 Å². The molecule has 100 valence electrons. The number of aliphatic hydroxyl groups is 1. The molecule has 3 heteroatoms. The van der Waals surface area contributed by atoms with E-state index in [9.17, 15) is 5.11 Å². The van der Waals surface area contributed by atoms with E-state index in [1.807, 2.05) is 24.3 Å². The van der Waals surface area contributed by atoms with Crippen molar-refractivity contribution in [3.8, 4) is 0 Å². The summed E-state index contributed by atoms with van der Waals surface area (Å²) < 4.78 is 0. The molecule has 19 heavy (non-hydrogen) atoms. The second-order valence-corrected chi connectivity index (χ2v) is 5.71. The Hall–Kier alpha value is -1.02. The maximum atomic E-state index is 10.3. The first-order valence-electron chi connectivity index (χ1n) is 6.22. The van der Waals surface area contributed by atoms with Gasteiger partial charge >= 0.3 is 0 Å². The van der Waals surface area contributed by atoms with Crippen molar-refractivity contribution in [3.63, 3.8) is 0 Å². The van der Waals surface area contributed by atoms with E-state index in [1.54, 1.807) is 18.2 Å². The van der Waals surface area contributed by atoms with Gasteiger partial charge in [-0.15, -0.1) is 0 Å². The van der Waals surface area contributed by atoms with Crippen LogP contribution in [0.15, 0.2) is 42.5 Å². The molecule has 2 rings (SSSR count). The minimum Gasteiger partial charge on any atom is -0.384 e. The summed E-state index contributed by atoms with van der Waals surface area (Å²) in [4.78, 5) is 0. The molecule has 2 aromatic carbocycles. The van der Waals surface area contributed by atoms with Gasteiger partial charge in [-0.1, -0.05) is 67.4 Å². The summed E-state index contributed by atoms with van der Waals surface area (Å²) in [6.07, 6.45) is -0.684. The van der Waals surface area contributed by atoms with Crippen LogP contribution in [-0.2, 0) is 0 Å². The van der Waals surface area contributed by atoms with Crippen molar-refractivity contribution in [1.29, 1.82) is 0 Å². The van der Waals surface area contributed by atoms with Gasteiger partial charge in [-0.2, -0.15) is 0 Å². The molecular weight excluding hydrogens is 279 g/mol. The van der Waals surface area contributed by atoms with Gasteiger partial charge in [-0.3, -0.25) is 0 Å². The molecule has 1 N–H and O–H groups in total. The molecule has 1 atom stereocenters. The SMILES string of the molecule is CC(C)c1ccc(C(O)c2ccc(Cl)c(Cl)c2)cc1. The molecular formula is C16H16Cl2O. The Morgan fingerprint density at radius 2 is 1.32 bits per heavy atom. The number of rotatable bonds is 3. The Labute approximate surface area is 123 Å². The van der Waals surface area contributed by atoms with Gasteiger partial charge in [0, 0.05) is 0 Å². The molecule has 1 unspecified atom stereocenters. The van der Waals surface area contributed by atoms with E-state index in [0.29, 0.717) is 16.0 Å². The van der Waals surface area contributed by atoms with Crippen molar-refractivity contribution in [1.82, 2.24) is 0 Å². The second kappa shape index (κ2) is 5.96. The van der Waals surface area contributed by atoms with Gasteiger partial charge in [0.25, 0.3) is 0 Å². The summed E-state index contributed by atoms with van der Waals surface area (Å²) in [5.41, 5.74) is 2.85. The summed E-state index contributed by atoms with van der Waals surface area (Å²) >= 11 is 11.8. The van der Waals surface area contributed by atoms with E-state index < -0.39 is 6.10 Å². The minimum atomic E-state index is -0.684. The molecule has 2 aromatic rings. The second-order valence-electron chi connectivity index (χ2n) is 4.90. The topological polar surface area (TPSA) is 20.2 Å². The molecule has 0 saturated heterocycles. The highest BCUT2D eigenvalue weighted by atomic mass is 35.5. The average Bonchev–Trinajstić information content (AvgIpc) is 2.41. The van der Waals surface area contributed by atoms with Gasteiger partial charge in [0.15, 0.2) is 0 Å². The predicted molar refractivity (Wildman–Crippen MR) is 81.1 cm³/mol. The van der Waals surface area contributed by atoms with Crippen LogP contribution in [0.1, 0.15) is 42.6 Å². The quantitative estimate of drug-likeness (QED) is 0.825. The number of hydrogen-bond acceptors (Lipinski definition) is 1. The standard InChI is InChI=1S/C16H16Cl2O/c1-10(2)11-3-5-12(6-4-11)16(19)13-7-8-14(17)15(18)9-13/h3-10,16,19H,1-2H3. The lowest BCUT2D eigenvalue weighted by Crippen LogP contribution is -2.00. The maximum Gasteiger partial charge on any atom is 0.104 e. The Balaban J connectivity index is 2.27. The molecule has 0 saturated carbocycles. The monoisotopic (exact) mass is 294 g/mol. The largest absolute Gasteiger partial charge is 0.384 e. The van der Waals surface area contributed by atoms with Gasteiger partial charge in [-0.25, -0.2) is 0 Å². The first-order chi connectivity index (χ1) is 8.99. The van der Waals surface area contributed by atoms with Crippen LogP contribution in [0, 0.1) is 0 Å². The number of benzene rings is 2. The summed E-state index contributed by atoms with van der Waals surface area (Å²) in [7, 11) is 0. The van der Waals surface area contributed by atoms with Crippen molar-refractivity contribution in [2.24, 2.45) is 0 Å². The van der Waals surface area contributed by atoms with Crippen LogP contribution in [-0.4, -0.2) is 5.11 Å². The zero-order chi connectivity index (χ0) is 14.0. The third-order valence-corrected chi connectivity index (χ3v) is 3.92. The molecule has 1 nitrogen and oxygen atoms in total. The molecule has 0 spiro atoms. The normalized spacial score (nSPS) is 12.7. The zero-order valence-corrected chi connectivity index (χ0v) is 12.4. The van der Waals surface area contributed by atoms with Crippen molar-refractivity contribution in [2.45, 2.75) is 25.9 Å². The summed E-state index contributed by atoms with van der Waals surface area (Å²) in [5.74, 6) is 0.483. The Morgan fingerprint density at radius 1 is 0.789 bits per heavy atom. The first-order valence-corrected chi connectivity index (χ1v) is 6.97. The highest BCUT2D eigenvalue weighted by Gasteiger charge is 2.12. The van der Waals surface area contributed by atoms with Crippen LogP contribution in [0.25, 0.3) is 0 Å². The predicted octanol–water partition coefficient (Wildman–Crippen LogP) is 5.20. The summed E-state index contributed by atoms with van der Waals surface area (Å²) in [5, 5.41) is 11.3. The van der Waals surface area contributed by atoms with Gasteiger partial charge in [0.05, 0.1) is 10.0 Å². The van der Waals surface area contributed by atoms with Crippen LogP contribution in [0.5, 0.6) is 0 Å². The van der Waals surface area contributed by atoms with Crippen LogP contribution in [0.2, 0.25) is 10.0 Å². The van der Waals surface area contributed by atoms with Crippen molar-refractivity contribution >= 4 is 23.2 Å². The molecule has 0 aliphatic heterocycles. The molecule has 0 aromatic heterocycles. The van der Waals surface area contributed by atoms with E-state index in [0.717, 1.165) is 11.1 Å². The third kappa shape index (κ3) is 3.30. The number of hydrogen-bond donors (Lipinski definition) is 1. The van der Waals surface area contributed by atoms with Crippen molar-refractivity contribution in [2.75, 3.05) is 0 Å². The number of halogens is 2. The van der Waals surface area contributed by atoms with Crippen LogP contribution in [0.4, 0.5) is 0 Å². The maximum absolute atomic E-state index is 10.3. The Bertz CT molecular complexity index is 561. The lowest BCUT2D eigenvalue weighted by molar-refractivity contribution is 0.220.